The Hall–Kier alpha value is -2.67. The number of rotatable bonds is 7. The van der Waals surface area contributed by atoms with E-state index in [1.165, 1.54) is 10.4 Å². The van der Waals surface area contributed by atoms with Crippen molar-refractivity contribution in [2.45, 2.75) is 33.4 Å². The fourth-order valence-corrected chi connectivity index (χ4v) is 3.68. The summed E-state index contributed by atoms with van der Waals surface area (Å²) in [6.45, 7) is 6.40. The number of thiazole rings is 1. The number of nitrogens with one attached hydrogen (secondary N) is 2. The Morgan fingerprint density at radius 1 is 1.19 bits per heavy atom. The maximum absolute atomic E-state index is 4.58. The largest absolute Gasteiger partial charge is 0.356 e. The van der Waals surface area contributed by atoms with Gasteiger partial charge in [-0.15, -0.1) is 11.3 Å². The summed E-state index contributed by atoms with van der Waals surface area (Å²) < 4.78 is 2.15. The highest BCUT2D eigenvalue weighted by Crippen LogP contribution is 2.16. The molecule has 6 nitrogen and oxygen atoms in total. The maximum Gasteiger partial charge on any atom is 0.191 e. The fourth-order valence-electron chi connectivity index (χ4n) is 2.75. The normalized spacial score (nSPS) is 11.6. The Bertz CT molecular complexity index is 862. The summed E-state index contributed by atoms with van der Waals surface area (Å²) in [6.07, 6.45) is 4.74. The first kappa shape index (κ1) is 19.1. The highest BCUT2D eigenvalue weighted by molar-refractivity contribution is 7.11. The van der Waals surface area contributed by atoms with E-state index in [0.29, 0.717) is 6.54 Å². The SMILES string of the molecule is CN=C(NCCc1nc(C)c(C)s1)NCc1nccn1Cc1ccccc1. The average Bonchev–Trinajstić information content (AvgIpc) is 3.25. The topological polar surface area (TPSA) is 67.1 Å². The summed E-state index contributed by atoms with van der Waals surface area (Å²) in [6, 6.07) is 10.4. The minimum atomic E-state index is 0.620. The lowest BCUT2D eigenvalue weighted by molar-refractivity contribution is 0.687. The fraction of sp³-hybridized carbons (Fsp3) is 0.350. The summed E-state index contributed by atoms with van der Waals surface area (Å²) in [5.74, 6) is 1.75. The van der Waals surface area contributed by atoms with E-state index in [2.05, 4.69) is 68.3 Å². The second-order valence-corrected chi connectivity index (χ2v) is 7.60. The van der Waals surface area contributed by atoms with Crippen molar-refractivity contribution in [3.63, 3.8) is 0 Å². The lowest BCUT2D eigenvalue weighted by atomic mass is 10.2. The lowest BCUT2D eigenvalue weighted by Gasteiger charge is -2.12. The summed E-state index contributed by atoms with van der Waals surface area (Å²) in [5.41, 5.74) is 2.39. The number of guanidine groups is 1. The van der Waals surface area contributed by atoms with Crippen molar-refractivity contribution in [1.82, 2.24) is 25.2 Å². The maximum atomic E-state index is 4.58. The molecule has 7 heteroatoms. The van der Waals surface area contributed by atoms with Crippen LogP contribution in [0.2, 0.25) is 0 Å². The van der Waals surface area contributed by atoms with Crippen molar-refractivity contribution >= 4 is 17.3 Å². The molecule has 0 amide bonds. The Morgan fingerprint density at radius 2 is 2.00 bits per heavy atom. The van der Waals surface area contributed by atoms with Crippen LogP contribution in [0.3, 0.4) is 0 Å². The average molecular weight is 383 g/mol. The first-order valence-corrected chi connectivity index (χ1v) is 9.88. The Balaban J connectivity index is 1.49. The van der Waals surface area contributed by atoms with Crippen LogP contribution in [0.5, 0.6) is 0 Å². The van der Waals surface area contributed by atoms with E-state index in [1.807, 2.05) is 18.5 Å². The number of aryl methyl sites for hydroxylation is 2. The van der Waals surface area contributed by atoms with Gasteiger partial charge in [0.2, 0.25) is 0 Å². The Kier molecular flexibility index (Phi) is 6.59. The van der Waals surface area contributed by atoms with Gasteiger partial charge in [0, 0.05) is 43.8 Å². The third-order valence-corrected chi connectivity index (χ3v) is 5.47. The van der Waals surface area contributed by atoms with E-state index < -0.39 is 0 Å². The predicted octanol–water partition coefficient (Wildman–Crippen LogP) is 2.91. The van der Waals surface area contributed by atoms with Crippen LogP contribution >= 0.6 is 11.3 Å². The molecule has 0 bridgehead atoms. The molecule has 2 heterocycles. The number of aliphatic imine (C=N–C) groups is 1. The van der Waals surface area contributed by atoms with Gasteiger partial charge in [-0.3, -0.25) is 4.99 Å². The summed E-state index contributed by atoms with van der Waals surface area (Å²) >= 11 is 1.76. The molecule has 0 aliphatic carbocycles. The molecule has 3 rings (SSSR count). The van der Waals surface area contributed by atoms with Gasteiger partial charge in [0.05, 0.1) is 17.2 Å². The highest BCUT2D eigenvalue weighted by Gasteiger charge is 2.06. The number of hydrogen-bond acceptors (Lipinski definition) is 4. The molecule has 1 aromatic carbocycles. The van der Waals surface area contributed by atoms with Gasteiger partial charge in [-0.1, -0.05) is 30.3 Å². The molecule has 2 aromatic heterocycles. The zero-order valence-electron chi connectivity index (χ0n) is 16.1. The van der Waals surface area contributed by atoms with Crippen molar-refractivity contribution < 1.29 is 0 Å². The van der Waals surface area contributed by atoms with Crippen LogP contribution in [0, 0.1) is 13.8 Å². The number of aromatic nitrogens is 3. The van der Waals surface area contributed by atoms with Crippen LogP contribution in [0.25, 0.3) is 0 Å². The van der Waals surface area contributed by atoms with Gasteiger partial charge in [0.25, 0.3) is 0 Å². The van der Waals surface area contributed by atoms with E-state index in [9.17, 15) is 0 Å². The molecule has 0 saturated carbocycles. The lowest BCUT2D eigenvalue weighted by Crippen LogP contribution is -2.38. The van der Waals surface area contributed by atoms with Gasteiger partial charge in [-0.05, 0) is 19.4 Å². The van der Waals surface area contributed by atoms with E-state index >= 15 is 0 Å². The van der Waals surface area contributed by atoms with Crippen LogP contribution in [0.15, 0.2) is 47.7 Å². The van der Waals surface area contributed by atoms with Gasteiger partial charge >= 0.3 is 0 Å². The number of imidazole rings is 1. The third-order valence-electron chi connectivity index (χ3n) is 4.34. The second kappa shape index (κ2) is 9.32. The Morgan fingerprint density at radius 3 is 2.70 bits per heavy atom. The summed E-state index contributed by atoms with van der Waals surface area (Å²) in [7, 11) is 1.78. The molecule has 0 fully saturated rings. The monoisotopic (exact) mass is 382 g/mol. The number of hydrogen-bond donors (Lipinski definition) is 2. The van der Waals surface area contributed by atoms with Gasteiger partial charge in [0.1, 0.15) is 5.82 Å². The van der Waals surface area contributed by atoms with Gasteiger partial charge < -0.3 is 15.2 Å². The van der Waals surface area contributed by atoms with E-state index in [1.54, 1.807) is 18.4 Å². The smallest absolute Gasteiger partial charge is 0.191 e. The van der Waals surface area contributed by atoms with E-state index in [4.69, 9.17) is 0 Å². The van der Waals surface area contributed by atoms with Crippen LogP contribution in [0.1, 0.15) is 27.0 Å². The molecule has 0 saturated heterocycles. The van der Waals surface area contributed by atoms with Gasteiger partial charge in [-0.2, -0.15) is 0 Å². The molecule has 0 aliphatic rings. The van der Waals surface area contributed by atoms with Gasteiger partial charge in [0.15, 0.2) is 5.96 Å². The van der Waals surface area contributed by atoms with Crippen molar-refractivity contribution in [2.24, 2.45) is 4.99 Å². The molecular formula is C20H26N6S. The molecule has 0 spiro atoms. The van der Waals surface area contributed by atoms with Crippen molar-refractivity contribution in [3.8, 4) is 0 Å². The molecule has 142 valence electrons. The standard InChI is InChI=1S/C20H26N6S/c1-15-16(2)27-19(25-15)9-10-23-20(21-3)24-13-18-22-11-12-26(18)14-17-7-5-4-6-8-17/h4-8,11-12H,9-10,13-14H2,1-3H3,(H2,21,23,24). The van der Waals surface area contributed by atoms with Crippen LogP contribution in [-0.2, 0) is 19.5 Å². The zero-order valence-corrected chi connectivity index (χ0v) is 16.9. The van der Waals surface area contributed by atoms with Gasteiger partial charge in [-0.25, -0.2) is 9.97 Å². The summed E-state index contributed by atoms with van der Waals surface area (Å²) in [5, 5.41) is 7.84. The molecule has 3 aromatic rings. The minimum absolute atomic E-state index is 0.620. The number of benzene rings is 1. The predicted molar refractivity (Wildman–Crippen MR) is 111 cm³/mol. The highest BCUT2D eigenvalue weighted by atomic mass is 32.1. The molecule has 2 N–H and O–H groups in total. The van der Waals surface area contributed by atoms with Crippen molar-refractivity contribution in [2.75, 3.05) is 13.6 Å². The van der Waals surface area contributed by atoms with Crippen molar-refractivity contribution in [1.29, 1.82) is 0 Å². The molecule has 0 unspecified atom stereocenters. The zero-order chi connectivity index (χ0) is 19.1. The Labute approximate surface area is 164 Å². The third kappa shape index (κ3) is 5.40. The van der Waals surface area contributed by atoms with Crippen molar-refractivity contribution in [3.05, 3.63) is 69.7 Å². The van der Waals surface area contributed by atoms with E-state index in [0.717, 1.165) is 42.0 Å². The quantitative estimate of drug-likeness (QED) is 0.487. The van der Waals surface area contributed by atoms with Crippen LogP contribution < -0.4 is 10.6 Å². The first-order valence-electron chi connectivity index (χ1n) is 9.07. The molecular weight excluding hydrogens is 356 g/mol. The van der Waals surface area contributed by atoms with E-state index in [-0.39, 0.29) is 0 Å². The van der Waals surface area contributed by atoms with Crippen LogP contribution in [0.4, 0.5) is 0 Å². The minimum Gasteiger partial charge on any atom is -0.356 e. The molecule has 0 atom stereocenters. The first-order chi connectivity index (χ1) is 13.2. The molecule has 0 aliphatic heterocycles. The molecule has 0 radical (unpaired) electrons. The summed E-state index contributed by atoms with van der Waals surface area (Å²) in [4.78, 5) is 14.6. The molecule has 27 heavy (non-hydrogen) atoms. The van der Waals surface area contributed by atoms with Crippen LogP contribution in [-0.4, -0.2) is 34.1 Å². The second-order valence-electron chi connectivity index (χ2n) is 6.31. The number of nitrogens with zero attached hydrogens (tertiary/aromatic N) is 4.